The lowest BCUT2D eigenvalue weighted by Gasteiger charge is -2.37. The molecule has 88 valence electrons. The normalized spacial score (nSPS) is 31.4. The molecule has 0 aromatic carbocycles. The van der Waals surface area contributed by atoms with Crippen molar-refractivity contribution in [1.82, 2.24) is 4.90 Å². The van der Waals surface area contributed by atoms with E-state index >= 15 is 0 Å². The van der Waals surface area contributed by atoms with E-state index in [1.807, 2.05) is 30.4 Å². The van der Waals surface area contributed by atoms with Crippen LogP contribution in [-0.2, 0) is 4.79 Å². The fraction of sp³-hybridized carbons (Fsp3) is 0.200. The van der Waals surface area contributed by atoms with Gasteiger partial charge < -0.3 is 4.90 Å². The van der Waals surface area contributed by atoms with Crippen molar-refractivity contribution >= 4 is 12.1 Å². The standard InChI is InChI=1S/C15H12N2O/c1-17-8-16-11-5-2-9-3-7-13(18)10-4-6-12(17)15(11)14(9)10/h2-8,10-11H,1H3. The van der Waals surface area contributed by atoms with Crippen molar-refractivity contribution in [3.63, 3.8) is 0 Å². The molecule has 3 nitrogen and oxygen atoms in total. The van der Waals surface area contributed by atoms with Crippen LogP contribution in [0.15, 0.2) is 63.9 Å². The van der Waals surface area contributed by atoms with Gasteiger partial charge in [-0.3, -0.25) is 9.79 Å². The smallest absolute Gasteiger partial charge is 0.166 e. The molecule has 0 fully saturated rings. The lowest BCUT2D eigenvalue weighted by Crippen LogP contribution is -2.34. The molecular formula is C15H12N2O. The van der Waals surface area contributed by atoms with Gasteiger partial charge in [-0.1, -0.05) is 24.3 Å². The Bertz CT molecular complexity index is 643. The van der Waals surface area contributed by atoms with Gasteiger partial charge in [0.2, 0.25) is 0 Å². The summed E-state index contributed by atoms with van der Waals surface area (Å²) < 4.78 is 0. The van der Waals surface area contributed by atoms with Crippen molar-refractivity contribution in [3.8, 4) is 0 Å². The highest BCUT2D eigenvalue weighted by Gasteiger charge is 2.37. The SMILES string of the molecule is CN1C=NC2C=CC3=C4C2=C1C=CC4C(=O)C=C3. The minimum Gasteiger partial charge on any atom is -0.336 e. The average molecular weight is 236 g/mol. The quantitative estimate of drug-likeness (QED) is 0.642. The van der Waals surface area contributed by atoms with Crippen LogP contribution < -0.4 is 0 Å². The monoisotopic (exact) mass is 236 g/mol. The summed E-state index contributed by atoms with van der Waals surface area (Å²) in [6.45, 7) is 0. The van der Waals surface area contributed by atoms with Crippen LogP contribution >= 0.6 is 0 Å². The van der Waals surface area contributed by atoms with Gasteiger partial charge in [-0.2, -0.15) is 0 Å². The molecule has 0 aromatic rings. The predicted molar refractivity (Wildman–Crippen MR) is 70.0 cm³/mol. The first-order chi connectivity index (χ1) is 8.75. The number of aliphatic imine (C=N–C) groups is 1. The van der Waals surface area contributed by atoms with E-state index in [2.05, 4.69) is 23.2 Å². The second-order valence-electron chi connectivity index (χ2n) is 4.92. The molecule has 3 heteroatoms. The zero-order valence-corrected chi connectivity index (χ0v) is 10.00. The first-order valence-corrected chi connectivity index (χ1v) is 6.09. The Labute approximate surface area is 105 Å². The highest BCUT2D eigenvalue weighted by Crippen LogP contribution is 2.42. The molecular weight excluding hydrogens is 224 g/mol. The highest BCUT2D eigenvalue weighted by atomic mass is 16.1. The van der Waals surface area contributed by atoms with E-state index in [-0.39, 0.29) is 17.7 Å². The Morgan fingerprint density at radius 2 is 2.00 bits per heavy atom. The zero-order chi connectivity index (χ0) is 12.3. The Morgan fingerprint density at radius 3 is 2.89 bits per heavy atom. The van der Waals surface area contributed by atoms with Crippen LogP contribution in [0.2, 0.25) is 0 Å². The number of carbonyl (C=O) groups excluding carboxylic acids is 1. The van der Waals surface area contributed by atoms with E-state index in [0.29, 0.717) is 0 Å². The molecule has 0 amide bonds. The van der Waals surface area contributed by atoms with Gasteiger partial charge in [0, 0.05) is 18.3 Å². The molecule has 2 unspecified atom stereocenters. The topological polar surface area (TPSA) is 32.7 Å². The Morgan fingerprint density at radius 1 is 1.11 bits per heavy atom. The third-order valence-electron chi connectivity index (χ3n) is 3.90. The van der Waals surface area contributed by atoms with E-state index in [1.54, 1.807) is 6.08 Å². The summed E-state index contributed by atoms with van der Waals surface area (Å²) in [5, 5.41) is 0. The van der Waals surface area contributed by atoms with Gasteiger partial charge in [-0.05, 0) is 23.3 Å². The van der Waals surface area contributed by atoms with Gasteiger partial charge in [-0.15, -0.1) is 0 Å². The molecule has 0 N–H and O–H groups in total. The lowest BCUT2D eigenvalue weighted by molar-refractivity contribution is -0.116. The summed E-state index contributed by atoms with van der Waals surface area (Å²) in [6, 6.07) is 0.0710. The number of hydrogen-bond donors (Lipinski definition) is 0. The van der Waals surface area contributed by atoms with Crippen LogP contribution in [0, 0.1) is 5.92 Å². The molecule has 0 spiro atoms. The van der Waals surface area contributed by atoms with Crippen LogP contribution in [0.1, 0.15) is 0 Å². The zero-order valence-electron chi connectivity index (χ0n) is 10.00. The molecule has 0 saturated heterocycles. The number of allylic oxidation sites excluding steroid dienone is 6. The summed E-state index contributed by atoms with van der Waals surface area (Å²) in [5.41, 5.74) is 4.66. The number of likely N-dealkylation sites (N-methyl/N-ethyl adjacent to an activating group) is 1. The highest BCUT2D eigenvalue weighted by molar-refractivity contribution is 5.99. The lowest BCUT2D eigenvalue weighted by atomic mass is 9.73. The number of carbonyl (C=O) groups is 1. The Hall–Kier alpha value is -2.16. The maximum Gasteiger partial charge on any atom is 0.166 e. The maximum absolute atomic E-state index is 12.0. The summed E-state index contributed by atoms with van der Waals surface area (Å²) in [6.07, 6.45) is 13.7. The van der Waals surface area contributed by atoms with Crippen molar-refractivity contribution in [2.24, 2.45) is 10.9 Å². The van der Waals surface area contributed by atoms with Gasteiger partial charge in [0.15, 0.2) is 5.78 Å². The van der Waals surface area contributed by atoms with Gasteiger partial charge in [0.25, 0.3) is 0 Å². The number of hydrogen-bond acceptors (Lipinski definition) is 3. The fourth-order valence-electron chi connectivity index (χ4n) is 3.03. The van der Waals surface area contributed by atoms with Crippen LogP contribution in [-0.4, -0.2) is 30.1 Å². The predicted octanol–water partition coefficient (Wildman–Crippen LogP) is 1.77. The summed E-state index contributed by atoms with van der Waals surface area (Å²) in [7, 11) is 1.99. The second-order valence-corrected chi connectivity index (χ2v) is 4.92. The first-order valence-electron chi connectivity index (χ1n) is 6.09. The Kier molecular flexibility index (Phi) is 1.74. The summed E-state index contributed by atoms with van der Waals surface area (Å²) in [4.78, 5) is 18.5. The molecule has 0 bridgehead atoms. The number of rotatable bonds is 0. The van der Waals surface area contributed by atoms with E-state index in [1.165, 1.54) is 5.57 Å². The van der Waals surface area contributed by atoms with Crippen LogP contribution in [0.25, 0.3) is 0 Å². The molecule has 18 heavy (non-hydrogen) atoms. The van der Waals surface area contributed by atoms with Crippen LogP contribution in [0.3, 0.4) is 0 Å². The van der Waals surface area contributed by atoms with E-state index < -0.39 is 0 Å². The minimum absolute atomic E-state index is 0.0710. The van der Waals surface area contributed by atoms with Gasteiger partial charge in [0.05, 0.1) is 18.3 Å². The molecule has 0 saturated carbocycles. The molecule has 0 radical (unpaired) electrons. The molecule has 3 aliphatic carbocycles. The van der Waals surface area contributed by atoms with Crippen LogP contribution in [0.4, 0.5) is 0 Å². The second kappa shape index (κ2) is 3.19. The maximum atomic E-state index is 12.0. The van der Waals surface area contributed by atoms with Crippen molar-refractivity contribution in [2.75, 3.05) is 7.05 Å². The van der Waals surface area contributed by atoms with Crippen molar-refractivity contribution < 1.29 is 4.79 Å². The molecule has 1 heterocycles. The van der Waals surface area contributed by atoms with Crippen molar-refractivity contribution in [2.45, 2.75) is 6.04 Å². The summed E-state index contributed by atoms with van der Waals surface area (Å²) in [5.74, 6) is 0.0562. The number of nitrogens with zero attached hydrogens (tertiary/aromatic N) is 2. The molecule has 4 rings (SSSR count). The first kappa shape index (κ1) is 9.83. The van der Waals surface area contributed by atoms with Gasteiger partial charge >= 0.3 is 0 Å². The third-order valence-corrected chi connectivity index (χ3v) is 3.90. The third kappa shape index (κ3) is 1.09. The molecule has 1 aliphatic heterocycles. The van der Waals surface area contributed by atoms with Crippen LogP contribution in [0.5, 0.6) is 0 Å². The van der Waals surface area contributed by atoms with Gasteiger partial charge in [0.1, 0.15) is 0 Å². The largest absolute Gasteiger partial charge is 0.336 e. The average Bonchev–Trinajstić information content (AvgIpc) is 2.40. The van der Waals surface area contributed by atoms with Crippen molar-refractivity contribution in [1.29, 1.82) is 0 Å². The number of ketones is 1. The minimum atomic E-state index is -0.113. The molecule has 4 aliphatic rings. The van der Waals surface area contributed by atoms with E-state index in [4.69, 9.17) is 0 Å². The van der Waals surface area contributed by atoms with E-state index in [0.717, 1.165) is 16.8 Å². The molecule has 2 atom stereocenters. The van der Waals surface area contributed by atoms with Gasteiger partial charge in [-0.25, -0.2) is 0 Å². The summed E-state index contributed by atoms with van der Waals surface area (Å²) >= 11 is 0. The van der Waals surface area contributed by atoms with Crippen molar-refractivity contribution in [3.05, 3.63) is 58.9 Å². The van der Waals surface area contributed by atoms with E-state index in [9.17, 15) is 4.79 Å². The fourth-order valence-corrected chi connectivity index (χ4v) is 3.03. The Balaban J connectivity index is 2.01. The molecule has 0 aromatic heterocycles.